The van der Waals surface area contributed by atoms with Gasteiger partial charge in [-0.1, -0.05) is 0 Å². The summed E-state index contributed by atoms with van der Waals surface area (Å²) >= 11 is 0. The molecule has 0 bridgehead atoms. The Bertz CT molecular complexity index is 450. The van der Waals surface area contributed by atoms with Crippen molar-refractivity contribution in [1.29, 1.82) is 0 Å². The van der Waals surface area contributed by atoms with Crippen LogP contribution in [0.5, 0.6) is 0 Å². The van der Waals surface area contributed by atoms with Gasteiger partial charge in [0, 0.05) is 13.2 Å². The Hall–Kier alpha value is -2.02. The number of nitro groups is 1. The van der Waals surface area contributed by atoms with Crippen LogP contribution in [0.3, 0.4) is 0 Å². The van der Waals surface area contributed by atoms with Gasteiger partial charge in [0.15, 0.2) is 5.82 Å². The zero-order chi connectivity index (χ0) is 13.0. The minimum absolute atomic E-state index is 0.121. The van der Waals surface area contributed by atoms with Gasteiger partial charge in [0.05, 0.1) is 16.7 Å². The lowest BCUT2D eigenvalue weighted by atomic mass is 10.2. The Morgan fingerprint density at radius 3 is 2.71 bits per heavy atom. The number of carbonyl (C=O) groups excluding carboxylic acids is 1. The number of methoxy groups -OCH3 is 1. The largest absolute Gasteiger partial charge is 0.372 e. The number of carbonyl (C=O) groups is 1. The molecular formula is C10H11FN2O4. The number of ether oxygens (including phenoxy) is 1. The average molecular weight is 242 g/mol. The molecule has 1 N–H and O–H groups in total. The molecule has 0 heterocycles. The van der Waals surface area contributed by atoms with Gasteiger partial charge in [-0.25, -0.2) is 4.39 Å². The summed E-state index contributed by atoms with van der Waals surface area (Å²) in [6.07, 6.45) is -0.732. The van der Waals surface area contributed by atoms with E-state index in [1.54, 1.807) is 0 Å². The number of rotatable bonds is 4. The standard InChI is InChI=1S/C10H11FN2O4/c1-6(17-2)10(14)12-9-4-3-7(13(15)16)5-8(9)11/h3-6H,1-2H3,(H,12,14). The molecule has 0 aliphatic heterocycles. The second kappa shape index (κ2) is 5.35. The fourth-order valence-electron chi connectivity index (χ4n) is 1.06. The first kappa shape index (κ1) is 13.0. The molecule has 0 saturated carbocycles. The fourth-order valence-corrected chi connectivity index (χ4v) is 1.06. The number of benzene rings is 1. The summed E-state index contributed by atoms with van der Waals surface area (Å²) < 4.78 is 18.1. The number of amides is 1. The molecular weight excluding hydrogens is 231 g/mol. The van der Waals surface area contributed by atoms with E-state index in [1.807, 2.05) is 0 Å². The number of hydrogen-bond donors (Lipinski definition) is 1. The van der Waals surface area contributed by atoms with Gasteiger partial charge in [-0.05, 0) is 13.0 Å². The average Bonchev–Trinajstić information content (AvgIpc) is 2.30. The van der Waals surface area contributed by atoms with E-state index >= 15 is 0 Å². The third-order valence-corrected chi connectivity index (χ3v) is 2.14. The van der Waals surface area contributed by atoms with Crippen LogP contribution in [0, 0.1) is 15.9 Å². The van der Waals surface area contributed by atoms with E-state index in [0.29, 0.717) is 0 Å². The third kappa shape index (κ3) is 3.22. The lowest BCUT2D eigenvalue weighted by molar-refractivity contribution is -0.385. The Balaban J connectivity index is 2.86. The molecule has 1 unspecified atom stereocenters. The number of nitrogens with zero attached hydrogens (tertiary/aromatic N) is 1. The van der Waals surface area contributed by atoms with Crippen LogP contribution in [-0.2, 0) is 9.53 Å². The number of nitrogens with one attached hydrogen (secondary N) is 1. The molecule has 1 amide bonds. The van der Waals surface area contributed by atoms with Gasteiger partial charge >= 0.3 is 0 Å². The van der Waals surface area contributed by atoms with Crippen LogP contribution in [0.25, 0.3) is 0 Å². The highest BCUT2D eigenvalue weighted by molar-refractivity contribution is 5.94. The van der Waals surface area contributed by atoms with Gasteiger partial charge in [0.2, 0.25) is 0 Å². The van der Waals surface area contributed by atoms with E-state index in [0.717, 1.165) is 18.2 Å². The van der Waals surface area contributed by atoms with Crippen LogP contribution in [0.1, 0.15) is 6.92 Å². The highest BCUT2D eigenvalue weighted by Crippen LogP contribution is 2.20. The van der Waals surface area contributed by atoms with Crippen LogP contribution >= 0.6 is 0 Å². The topological polar surface area (TPSA) is 81.5 Å². The van der Waals surface area contributed by atoms with E-state index in [1.165, 1.54) is 14.0 Å². The molecule has 1 aromatic carbocycles. The molecule has 17 heavy (non-hydrogen) atoms. The highest BCUT2D eigenvalue weighted by Gasteiger charge is 2.16. The molecule has 0 fully saturated rings. The highest BCUT2D eigenvalue weighted by atomic mass is 19.1. The first-order chi connectivity index (χ1) is 7.95. The molecule has 0 spiro atoms. The minimum atomic E-state index is -0.865. The molecule has 1 atom stereocenters. The van der Waals surface area contributed by atoms with Crippen molar-refractivity contribution in [2.75, 3.05) is 12.4 Å². The molecule has 92 valence electrons. The van der Waals surface area contributed by atoms with Gasteiger partial charge in [-0.3, -0.25) is 14.9 Å². The van der Waals surface area contributed by atoms with Gasteiger partial charge in [0.25, 0.3) is 11.6 Å². The van der Waals surface area contributed by atoms with Crippen molar-refractivity contribution in [3.63, 3.8) is 0 Å². The molecule has 0 radical (unpaired) electrons. The van der Waals surface area contributed by atoms with Crippen LogP contribution in [0.15, 0.2) is 18.2 Å². The lowest BCUT2D eigenvalue weighted by Gasteiger charge is -2.10. The first-order valence-corrected chi connectivity index (χ1v) is 4.73. The SMILES string of the molecule is COC(C)C(=O)Nc1ccc([N+](=O)[O-])cc1F. The van der Waals surface area contributed by atoms with E-state index in [-0.39, 0.29) is 11.4 Å². The molecule has 1 rings (SSSR count). The Labute approximate surface area is 96.5 Å². The second-order valence-corrected chi connectivity index (χ2v) is 3.29. The van der Waals surface area contributed by atoms with Gasteiger partial charge in [-0.2, -0.15) is 0 Å². The summed E-state index contributed by atoms with van der Waals surface area (Å²) in [6, 6.07) is 2.98. The van der Waals surface area contributed by atoms with Crippen molar-refractivity contribution < 1.29 is 18.8 Å². The molecule has 0 aromatic heterocycles. The van der Waals surface area contributed by atoms with E-state index in [2.05, 4.69) is 5.32 Å². The molecule has 0 aliphatic rings. The molecule has 6 nitrogen and oxygen atoms in total. The van der Waals surface area contributed by atoms with Crippen LogP contribution < -0.4 is 5.32 Å². The summed E-state index contributed by atoms with van der Waals surface area (Å²) in [5.74, 6) is -1.39. The van der Waals surface area contributed by atoms with Crippen molar-refractivity contribution >= 4 is 17.3 Å². The summed E-state index contributed by atoms with van der Waals surface area (Å²) in [5.41, 5.74) is -0.496. The van der Waals surface area contributed by atoms with Gasteiger partial charge < -0.3 is 10.1 Å². The minimum Gasteiger partial charge on any atom is -0.372 e. The maximum Gasteiger partial charge on any atom is 0.272 e. The van der Waals surface area contributed by atoms with Crippen molar-refractivity contribution in [2.45, 2.75) is 13.0 Å². The molecule has 0 saturated heterocycles. The number of hydrogen-bond acceptors (Lipinski definition) is 4. The Morgan fingerprint density at radius 1 is 1.59 bits per heavy atom. The molecule has 0 aliphatic carbocycles. The summed E-state index contributed by atoms with van der Waals surface area (Å²) in [5, 5.41) is 12.6. The number of nitro benzene ring substituents is 1. The predicted octanol–water partition coefficient (Wildman–Crippen LogP) is 1.71. The quantitative estimate of drug-likeness (QED) is 0.643. The first-order valence-electron chi connectivity index (χ1n) is 4.73. The number of halogens is 1. The van der Waals surface area contributed by atoms with E-state index in [9.17, 15) is 19.3 Å². The lowest BCUT2D eigenvalue weighted by Crippen LogP contribution is -2.26. The maximum atomic E-state index is 13.4. The van der Waals surface area contributed by atoms with Crippen molar-refractivity contribution in [3.8, 4) is 0 Å². The van der Waals surface area contributed by atoms with Crippen LogP contribution in [0.2, 0.25) is 0 Å². The third-order valence-electron chi connectivity index (χ3n) is 2.14. The fraction of sp³-hybridized carbons (Fsp3) is 0.300. The van der Waals surface area contributed by atoms with Gasteiger partial charge in [-0.15, -0.1) is 0 Å². The second-order valence-electron chi connectivity index (χ2n) is 3.29. The van der Waals surface area contributed by atoms with Crippen molar-refractivity contribution in [3.05, 3.63) is 34.1 Å². The van der Waals surface area contributed by atoms with Crippen molar-refractivity contribution in [2.24, 2.45) is 0 Å². The molecule has 1 aromatic rings. The summed E-state index contributed by atoms with van der Waals surface area (Å²) in [4.78, 5) is 21.0. The Morgan fingerprint density at radius 2 is 2.24 bits per heavy atom. The van der Waals surface area contributed by atoms with Crippen LogP contribution in [-0.4, -0.2) is 24.0 Å². The van der Waals surface area contributed by atoms with Crippen LogP contribution in [0.4, 0.5) is 15.8 Å². The molecule has 7 heteroatoms. The smallest absolute Gasteiger partial charge is 0.272 e. The zero-order valence-electron chi connectivity index (χ0n) is 9.27. The summed E-state index contributed by atoms with van der Waals surface area (Å²) in [6.45, 7) is 1.50. The van der Waals surface area contributed by atoms with E-state index in [4.69, 9.17) is 4.74 Å². The number of non-ortho nitro benzene ring substituents is 1. The van der Waals surface area contributed by atoms with Crippen molar-refractivity contribution in [1.82, 2.24) is 0 Å². The predicted molar refractivity (Wildman–Crippen MR) is 58.2 cm³/mol. The summed E-state index contributed by atoms with van der Waals surface area (Å²) in [7, 11) is 1.34. The normalized spacial score (nSPS) is 11.9. The Kier molecular flexibility index (Phi) is 4.11. The van der Waals surface area contributed by atoms with E-state index < -0.39 is 22.8 Å². The maximum absolute atomic E-state index is 13.4. The van der Waals surface area contributed by atoms with Gasteiger partial charge in [0.1, 0.15) is 6.10 Å². The monoisotopic (exact) mass is 242 g/mol. The zero-order valence-corrected chi connectivity index (χ0v) is 9.27. The number of anilines is 1.